The van der Waals surface area contributed by atoms with Gasteiger partial charge in [0.05, 0.1) is 16.8 Å². The molecule has 2 aromatic heterocycles. The van der Waals surface area contributed by atoms with Crippen LogP contribution in [0.2, 0.25) is 0 Å². The zero-order valence-electron chi connectivity index (χ0n) is 16.2. The molecule has 30 heavy (non-hydrogen) atoms. The number of anilines is 1. The molecule has 4 aromatic rings. The molecule has 4 rings (SSSR count). The van der Waals surface area contributed by atoms with E-state index in [0.29, 0.717) is 28.7 Å². The van der Waals surface area contributed by atoms with Gasteiger partial charge in [0, 0.05) is 30.5 Å². The van der Waals surface area contributed by atoms with Crippen molar-refractivity contribution in [3.05, 3.63) is 66.9 Å². The summed E-state index contributed by atoms with van der Waals surface area (Å²) in [7, 11) is -3.26. The van der Waals surface area contributed by atoms with E-state index in [0.717, 1.165) is 5.56 Å². The standard InChI is InChI=1S/C21H18N4O4S/c1-14(26)23-16-5-7-17(8-6-16)29-21-12-11-20-22-13-19(25(20)24-21)15-3-9-18(10-4-15)30(2,27)28/h3-13H,1-2H3,(H,23,26). The number of carbonyl (C=O) groups excluding carboxylic acids is 1. The van der Waals surface area contributed by atoms with Gasteiger partial charge in [-0.1, -0.05) is 12.1 Å². The van der Waals surface area contributed by atoms with Gasteiger partial charge in [0.2, 0.25) is 11.8 Å². The molecule has 0 saturated heterocycles. The van der Waals surface area contributed by atoms with E-state index in [1.54, 1.807) is 71.4 Å². The third kappa shape index (κ3) is 4.15. The molecule has 0 aliphatic carbocycles. The van der Waals surface area contributed by atoms with Crippen molar-refractivity contribution in [2.24, 2.45) is 0 Å². The van der Waals surface area contributed by atoms with E-state index in [2.05, 4.69) is 15.4 Å². The second-order valence-electron chi connectivity index (χ2n) is 6.69. The monoisotopic (exact) mass is 422 g/mol. The van der Waals surface area contributed by atoms with Gasteiger partial charge in [-0.25, -0.2) is 17.9 Å². The normalized spacial score (nSPS) is 11.4. The fourth-order valence-electron chi connectivity index (χ4n) is 2.91. The van der Waals surface area contributed by atoms with Gasteiger partial charge < -0.3 is 10.1 Å². The van der Waals surface area contributed by atoms with Crippen molar-refractivity contribution >= 4 is 27.1 Å². The van der Waals surface area contributed by atoms with Crippen molar-refractivity contribution in [2.75, 3.05) is 11.6 Å². The molecule has 2 aromatic carbocycles. The second kappa shape index (κ2) is 7.60. The van der Waals surface area contributed by atoms with Gasteiger partial charge in [0.25, 0.3) is 0 Å². The number of rotatable bonds is 5. The Bertz CT molecular complexity index is 1330. The summed E-state index contributed by atoms with van der Waals surface area (Å²) >= 11 is 0. The van der Waals surface area contributed by atoms with Crippen molar-refractivity contribution in [1.29, 1.82) is 0 Å². The number of imidazole rings is 1. The number of hydrogen-bond donors (Lipinski definition) is 1. The number of amides is 1. The molecule has 0 fully saturated rings. The van der Waals surface area contributed by atoms with Crippen molar-refractivity contribution in [1.82, 2.24) is 14.6 Å². The molecule has 0 radical (unpaired) electrons. The number of sulfone groups is 1. The Labute approximate surface area is 173 Å². The highest BCUT2D eigenvalue weighted by atomic mass is 32.2. The average molecular weight is 422 g/mol. The SMILES string of the molecule is CC(=O)Nc1ccc(Oc2ccc3ncc(-c4ccc(S(C)(=O)=O)cc4)n3n2)cc1. The van der Waals surface area contributed by atoms with E-state index in [1.165, 1.54) is 13.2 Å². The molecule has 152 valence electrons. The Morgan fingerprint density at radius 2 is 1.70 bits per heavy atom. The molecule has 0 spiro atoms. The number of carbonyl (C=O) groups is 1. The molecule has 9 heteroatoms. The van der Waals surface area contributed by atoms with Gasteiger partial charge in [0.15, 0.2) is 15.5 Å². The summed E-state index contributed by atoms with van der Waals surface area (Å²) in [5.74, 6) is 0.782. The molecule has 0 atom stereocenters. The zero-order valence-corrected chi connectivity index (χ0v) is 17.1. The number of aromatic nitrogens is 3. The van der Waals surface area contributed by atoms with Crippen LogP contribution in [0, 0.1) is 0 Å². The maximum Gasteiger partial charge on any atom is 0.237 e. The Balaban J connectivity index is 1.62. The van der Waals surface area contributed by atoms with E-state index in [9.17, 15) is 13.2 Å². The van der Waals surface area contributed by atoms with Crippen LogP contribution in [0.5, 0.6) is 11.6 Å². The summed E-state index contributed by atoms with van der Waals surface area (Å²) in [6.45, 7) is 1.45. The number of nitrogens with one attached hydrogen (secondary N) is 1. The van der Waals surface area contributed by atoms with Crippen LogP contribution in [-0.2, 0) is 14.6 Å². The maximum atomic E-state index is 11.7. The quantitative estimate of drug-likeness (QED) is 0.528. The van der Waals surface area contributed by atoms with Crippen LogP contribution in [-0.4, -0.2) is 35.2 Å². The van der Waals surface area contributed by atoms with Crippen LogP contribution in [0.4, 0.5) is 5.69 Å². The number of ether oxygens (including phenoxy) is 1. The minimum atomic E-state index is -3.26. The van der Waals surface area contributed by atoms with E-state index in [4.69, 9.17) is 4.74 Å². The predicted molar refractivity (Wildman–Crippen MR) is 112 cm³/mol. The second-order valence-corrected chi connectivity index (χ2v) is 8.70. The number of nitrogens with zero attached hydrogens (tertiary/aromatic N) is 3. The van der Waals surface area contributed by atoms with Crippen LogP contribution in [0.15, 0.2) is 71.8 Å². The maximum absolute atomic E-state index is 11.7. The van der Waals surface area contributed by atoms with Crippen molar-refractivity contribution in [3.63, 3.8) is 0 Å². The van der Waals surface area contributed by atoms with Crippen LogP contribution >= 0.6 is 0 Å². The molecule has 0 bridgehead atoms. The van der Waals surface area contributed by atoms with Crippen LogP contribution in [0.25, 0.3) is 16.9 Å². The van der Waals surface area contributed by atoms with E-state index in [-0.39, 0.29) is 10.8 Å². The highest BCUT2D eigenvalue weighted by Gasteiger charge is 2.11. The lowest BCUT2D eigenvalue weighted by Crippen LogP contribution is -2.05. The van der Waals surface area contributed by atoms with Crippen LogP contribution in [0.1, 0.15) is 6.92 Å². The summed E-state index contributed by atoms with van der Waals surface area (Å²) in [5, 5.41) is 7.19. The smallest absolute Gasteiger partial charge is 0.237 e. The van der Waals surface area contributed by atoms with Crippen LogP contribution in [0.3, 0.4) is 0 Å². The van der Waals surface area contributed by atoms with Crippen molar-refractivity contribution < 1.29 is 17.9 Å². The van der Waals surface area contributed by atoms with Gasteiger partial charge in [-0.3, -0.25) is 4.79 Å². The molecule has 0 aliphatic heterocycles. The van der Waals surface area contributed by atoms with E-state index >= 15 is 0 Å². The zero-order chi connectivity index (χ0) is 21.3. The summed E-state index contributed by atoms with van der Waals surface area (Å²) in [4.78, 5) is 15.7. The molecule has 0 saturated carbocycles. The predicted octanol–water partition coefficient (Wildman–Crippen LogP) is 3.55. The Hall–Kier alpha value is -3.72. The van der Waals surface area contributed by atoms with Crippen LogP contribution < -0.4 is 10.1 Å². The van der Waals surface area contributed by atoms with E-state index in [1.807, 2.05) is 0 Å². The molecule has 0 unspecified atom stereocenters. The minimum absolute atomic E-state index is 0.145. The lowest BCUT2D eigenvalue weighted by Gasteiger charge is -2.08. The molecule has 1 amide bonds. The largest absolute Gasteiger partial charge is 0.438 e. The first-order valence-electron chi connectivity index (χ1n) is 9.00. The van der Waals surface area contributed by atoms with Gasteiger partial charge in [-0.15, -0.1) is 5.10 Å². The summed E-state index contributed by atoms with van der Waals surface area (Å²) < 4.78 is 30.8. The Morgan fingerprint density at radius 3 is 2.33 bits per heavy atom. The third-order valence-electron chi connectivity index (χ3n) is 4.31. The number of benzene rings is 2. The summed E-state index contributed by atoms with van der Waals surface area (Å²) in [6, 6.07) is 17.0. The lowest BCUT2D eigenvalue weighted by molar-refractivity contribution is -0.114. The molecular weight excluding hydrogens is 404 g/mol. The Morgan fingerprint density at radius 1 is 1.00 bits per heavy atom. The molecule has 1 N–H and O–H groups in total. The van der Waals surface area contributed by atoms with Gasteiger partial charge >= 0.3 is 0 Å². The van der Waals surface area contributed by atoms with Gasteiger partial charge in [-0.05, 0) is 42.5 Å². The van der Waals surface area contributed by atoms with Crippen molar-refractivity contribution in [3.8, 4) is 22.9 Å². The van der Waals surface area contributed by atoms with Gasteiger partial charge in [-0.2, -0.15) is 0 Å². The number of hydrogen-bond acceptors (Lipinski definition) is 6. The Kier molecular flexibility index (Phi) is 4.96. The average Bonchev–Trinajstić information content (AvgIpc) is 3.12. The fourth-order valence-corrected chi connectivity index (χ4v) is 3.54. The van der Waals surface area contributed by atoms with E-state index < -0.39 is 9.84 Å². The highest BCUT2D eigenvalue weighted by molar-refractivity contribution is 7.90. The molecular formula is C21H18N4O4S. The van der Waals surface area contributed by atoms with Crippen molar-refractivity contribution in [2.45, 2.75) is 11.8 Å². The van der Waals surface area contributed by atoms with Gasteiger partial charge in [0.1, 0.15) is 5.75 Å². The summed E-state index contributed by atoms with van der Waals surface area (Å²) in [5.41, 5.74) is 2.79. The third-order valence-corrected chi connectivity index (χ3v) is 5.44. The lowest BCUT2D eigenvalue weighted by atomic mass is 10.2. The topological polar surface area (TPSA) is 103 Å². The number of fused-ring (bicyclic) bond motifs is 1. The highest BCUT2D eigenvalue weighted by Crippen LogP contribution is 2.25. The first-order valence-corrected chi connectivity index (χ1v) is 10.9. The molecule has 2 heterocycles. The molecule has 8 nitrogen and oxygen atoms in total. The minimum Gasteiger partial charge on any atom is -0.438 e. The summed E-state index contributed by atoms with van der Waals surface area (Å²) in [6.07, 6.45) is 2.84. The first-order chi connectivity index (χ1) is 14.3. The molecule has 0 aliphatic rings. The first kappa shape index (κ1) is 19.6. The fraction of sp³-hybridized carbons (Fsp3) is 0.0952.